The lowest BCUT2D eigenvalue weighted by atomic mass is 9.73. The molecule has 0 bridgehead atoms. The van der Waals surface area contributed by atoms with E-state index in [4.69, 9.17) is 6.57 Å². The van der Waals surface area contributed by atoms with Gasteiger partial charge in [-0.1, -0.05) is 32.0 Å². The number of carbonyl (C=O) groups is 4. The summed E-state index contributed by atoms with van der Waals surface area (Å²) >= 11 is 0. The van der Waals surface area contributed by atoms with Gasteiger partial charge in [0, 0.05) is 24.8 Å². The average Bonchev–Trinajstić information content (AvgIpc) is 3.26. The summed E-state index contributed by atoms with van der Waals surface area (Å²) in [5.74, 6) is -9.32. The molecular weight excluding hydrogens is 529 g/mol. The van der Waals surface area contributed by atoms with E-state index in [1.807, 2.05) is 0 Å². The Morgan fingerprint density at radius 3 is 2.41 bits per heavy atom. The molecule has 212 valence electrons. The molecule has 0 saturated carbocycles. The molecule has 0 unspecified atom stereocenters. The molecule has 14 heteroatoms. The zero-order chi connectivity index (χ0) is 29.5. The molecule has 0 aliphatic carbocycles. The van der Waals surface area contributed by atoms with Gasteiger partial charge >= 0.3 is 18.2 Å². The van der Waals surface area contributed by atoms with Crippen LogP contribution in [0.1, 0.15) is 39.2 Å². The zero-order valence-corrected chi connectivity index (χ0v) is 21.6. The Hall–Kier alpha value is -3.76. The topological polar surface area (TPSA) is 103 Å². The number of hydrogen-bond acceptors (Lipinski definition) is 4. The normalized spacial score (nSPS) is 23.5. The predicted molar refractivity (Wildman–Crippen MR) is 128 cm³/mol. The standard InChI is InChI=1S/C25H28F5N5O4/c1-13(2)10-17(34(5)19(36)14(3)32-22(39)25(28,29)30)20(37)35-12-23(11-18(35)31-4)21(38)33-16-9-7-6-8-15(16)24(23,26)27/h6-9,13-14,17-18H,10-12H2,1-3,5H3,(H,32,39)(H,33,38)/t14-,17-,18-,23+/m0/s1. The van der Waals surface area contributed by atoms with Crippen LogP contribution in [-0.2, 0) is 25.1 Å². The van der Waals surface area contributed by atoms with Crippen LogP contribution < -0.4 is 10.6 Å². The van der Waals surface area contributed by atoms with E-state index in [2.05, 4.69) is 10.2 Å². The van der Waals surface area contributed by atoms with Gasteiger partial charge in [0.2, 0.25) is 11.8 Å². The van der Waals surface area contributed by atoms with Crippen molar-refractivity contribution < 1.29 is 41.1 Å². The molecule has 1 aromatic rings. The van der Waals surface area contributed by atoms with Gasteiger partial charge in [-0.05, 0) is 25.3 Å². The number of hydrogen-bond donors (Lipinski definition) is 2. The molecule has 2 aliphatic rings. The lowest BCUT2D eigenvalue weighted by Crippen LogP contribution is -2.57. The molecule has 1 fully saturated rings. The summed E-state index contributed by atoms with van der Waals surface area (Å²) in [6.45, 7) is 11.2. The summed E-state index contributed by atoms with van der Waals surface area (Å²) in [7, 11) is 1.14. The van der Waals surface area contributed by atoms with Crippen molar-refractivity contribution in [3.05, 3.63) is 41.2 Å². The number of likely N-dealkylation sites (N-methyl/N-ethyl adjacent to an activating group) is 1. The van der Waals surface area contributed by atoms with Gasteiger partial charge in [0.15, 0.2) is 0 Å². The van der Waals surface area contributed by atoms with Crippen LogP contribution in [0, 0.1) is 17.9 Å². The van der Waals surface area contributed by atoms with Crippen molar-refractivity contribution in [3.63, 3.8) is 0 Å². The predicted octanol–water partition coefficient (Wildman–Crippen LogP) is 3.13. The van der Waals surface area contributed by atoms with E-state index in [1.54, 1.807) is 13.8 Å². The van der Waals surface area contributed by atoms with Crippen LogP contribution in [0.3, 0.4) is 0 Å². The highest BCUT2D eigenvalue weighted by molar-refractivity contribution is 6.01. The molecule has 1 aromatic carbocycles. The molecule has 1 spiro atoms. The average molecular weight is 558 g/mol. The van der Waals surface area contributed by atoms with Crippen molar-refractivity contribution in [3.8, 4) is 0 Å². The van der Waals surface area contributed by atoms with E-state index in [-0.39, 0.29) is 18.0 Å². The molecule has 2 N–H and O–H groups in total. The summed E-state index contributed by atoms with van der Waals surface area (Å²) in [5.41, 5.74) is -2.99. The van der Waals surface area contributed by atoms with Crippen LogP contribution in [0.2, 0.25) is 0 Å². The van der Waals surface area contributed by atoms with Crippen LogP contribution in [0.25, 0.3) is 4.85 Å². The van der Waals surface area contributed by atoms with Gasteiger partial charge in [0.25, 0.3) is 11.8 Å². The first-order valence-electron chi connectivity index (χ1n) is 12.1. The van der Waals surface area contributed by atoms with Crippen LogP contribution >= 0.6 is 0 Å². The Balaban J connectivity index is 1.93. The summed E-state index contributed by atoms with van der Waals surface area (Å²) in [4.78, 5) is 56.0. The summed E-state index contributed by atoms with van der Waals surface area (Å²) in [5, 5.41) is 3.97. The minimum atomic E-state index is -5.24. The van der Waals surface area contributed by atoms with Crippen LogP contribution in [0.15, 0.2) is 24.3 Å². The third kappa shape index (κ3) is 5.26. The summed E-state index contributed by atoms with van der Waals surface area (Å²) in [6.07, 6.45) is -7.39. The fourth-order valence-electron chi connectivity index (χ4n) is 4.98. The zero-order valence-electron chi connectivity index (χ0n) is 21.6. The van der Waals surface area contributed by atoms with Gasteiger partial charge < -0.3 is 15.5 Å². The van der Waals surface area contributed by atoms with Crippen LogP contribution in [0.5, 0.6) is 0 Å². The minimum absolute atomic E-state index is 0.0271. The number of amides is 4. The third-order valence-electron chi connectivity index (χ3n) is 7.08. The number of nitrogens with one attached hydrogen (secondary N) is 2. The number of carbonyl (C=O) groups excluding carboxylic acids is 4. The molecule has 39 heavy (non-hydrogen) atoms. The number of benzene rings is 1. The van der Waals surface area contributed by atoms with E-state index in [0.29, 0.717) is 0 Å². The van der Waals surface area contributed by atoms with Crippen molar-refractivity contribution in [2.75, 3.05) is 18.9 Å². The molecule has 2 aliphatic heterocycles. The van der Waals surface area contributed by atoms with E-state index in [0.717, 1.165) is 29.8 Å². The SMILES string of the molecule is [C-]#[N+][C@@H]1C[C@@]2(CN1C(=O)[C@H](CC(C)C)N(C)C(=O)[C@H](C)NC(=O)C(F)(F)F)C(=O)Nc1ccccc1C2(F)F. The number of rotatable bonds is 6. The van der Waals surface area contributed by atoms with Crippen molar-refractivity contribution in [1.82, 2.24) is 15.1 Å². The molecule has 9 nitrogen and oxygen atoms in total. The summed E-state index contributed by atoms with van der Waals surface area (Å²) < 4.78 is 69.7. The van der Waals surface area contributed by atoms with E-state index in [9.17, 15) is 32.3 Å². The Kier molecular flexibility index (Phi) is 7.96. The van der Waals surface area contributed by atoms with Gasteiger partial charge in [0.05, 0.1) is 6.42 Å². The Morgan fingerprint density at radius 2 is 1.85 bits per heavy atom. The smallest absolute Gasteiger partial charge is 0.337 e. The summed E-state index contributed by atoms with van der Waals surface area (Å²) in [6, 6.07) is 2.28. The van der Waals surface area contributed by atoms with Crippen molar-refractivity contribution in [2.24, 2.45) is 11.3 Å². The van der Waals surface area contributed by atoms with Gasteiger partial charge in [0.1, 0.15) is 17.5 Å². The quantitative estimate of drug-likeness (QED) is 0.415. The van der Waals surface area contributed by atoms with Gasteiger partial charge in [-0.3, -0.25) is 28.9 Å². The second kappa shape index (κ2) is 10.4. The maximum absolute atomic E-state index is 15.9. The number of likely N-dealkylation sites (tertiary alicyclic amines) is 1. The highest BCUT2D eigenvalue weighted by Crippen LogP contribution is 2.57. The number of nitrogens with zero attached hydrogens (tertiary/aromatic N) is 3. The van der Waals surface area contributed by atoms with Gasteiger partial charge in [-0.25, -0.2) is 6.57 Å². The number of halogens is 5. The maximum Gasteiger partial charge on any atom is 0.471 e. The molecule has 0 radical (unpaired) electrons. The monoisotopic (exact) mass is 557 g/mol. The molecular formula is C25H28F5N5O4. The number of fused-ring (bicyclic) bond motifs is 1. The Morgan fingerprint density at radius 1 is 1.23 bits per heavy atom. The molecule has 2 heterocycles. The number of alkyl halides is 5. The fourth-order valence-corrected chi connectivity index (χ4v) is 4.98. The van der Waals surface area contributed by atoms with Crippen molar-refractivity contribution >= 4 is 29.3 Å². The van der Waals surface area contributed by atoms with Crippen LogP contribution in [-0.4, -0.2) is 71.4 Å². The Bertz CT molecular complexity index is 1210. The maximum atomic E-state index is 15.9. The minimum Gasteiger partial charge on any atom is -0.337 e. The third-order valence-corrected chi connectivity index (χ3v) is 7.08. The Labute approximate surface area is 221 Å². The largest absolute Gasteiger partial charge is 0.471 e. The van der Waals surface area contributed by atoms with E-state index >= 15 is 8.78 Å². The number of anilines is 1. The highest BCUT2D eigenvalue weighted by Gasteiger charge is 2.70. The first-order chi connectivity index (χ1) is 18.0. The van der Waals surface area contributed by atoms with E-state index < -0.39 is 77.9 Å². The second-order valence-electron chi connectivity index (χ2n) is 10.2. The van der Waals surface area contributed by atoms with Crippen molar-refractivity contribution in [2.45, 2.75) is 64.0 Å². The molecule has 0 aromatic heterocycles. The van der Waals surface area contributed by atoms with Crippen LogP contribution in [0.4, 0.5) is 27.6 Å². The molecule has 4 atom stereocenters. The molecule has 3 rings (SSSR count). The second-order valence-corrected chi connectivity index (χ2v) is 10.2. The lowest BCUT2D eigenvalue weighted by molar-refractivity contribution is -0.175. The first-order valence-corrected chi connectivity index (χ1v) is 12.1. The molecule has 1 saturated heterocycles. The van der Waals surface area contributed by atoms with Crippen molar-refractivity contribution in [1.29, 1.82) is 0 Å². The fraction of sp³-hybridized carbons (Fsp3) is 0.560. The van der Waals surface area contributed by atoms with E-state index in [1.165, 1.54) is 23.5 Å². The number of para-hydroxylation sites is 1. The van der Waals surface area contributed by atoms with Gasteiger partial charge in [-0.2, -0.15) is 22.0 Å². The first kappa shape index (κ1) is 29.8. The highest BCUT2D eigenvalue weighted by atomic mass is 19.4. The van der Waals surface area contributed by atoms with Gasteiger partial charge in [-0.15, -0.1) is 0 Å². The lowest BCUT2D eigenvalue weighted by Gasteiger charge is -2.40. The molecule has 4 amide bonds.